The van der Waals surface area contributed by atoms with Crippen molar-refractivity contribution < 1.29 is 4.79 Å². The van der Waals surface area contributed by atoms with Crippen LogP contribution in [0.15, 0.2) is 24.4 Å². The Balaban J connectivity index is 1.53. The van der Waals surface area contributed by atoms with Gasteiger partial charge in [0.2, 0.25) is 0 Å². The summed E-state index contributed by atoms with van der Waals surface area (Å²) < 4.78 is 0. The fourth-order valence-electron chi connectivity index (χ4n) is 3.22. The summed E-state index contributed by atoms with van der Waals surface area (Å²) in [5, 5.41) is 0.957. The van der Waals surface area contributed by atoms with Gasteiger partial charge < -0.3 is 15.6 Å². The summed E-state index contributed by atoms with van der Waals surface area (Å²) in [6.45, 7) is 3.67. The number of aromatic amines is 1. The van der Waals surface area contributed by atoms with Crippen molar-refractivity contribution in [1.29, 1.82) is 0 Å². The van der Waals surface area contributed by atoms with Crippen LogP contribution < -0.4 is 5.73 Å². The second-order valence-electron chi connectivity index (χ2n) is 6.07. The molecule has 1 aliphatic carbocycles. The van der Waals surface area contributed by atoms with Crippen LogP contribution in [0.4, 0.5) is 5.69 Å². The zero-order valence-corrected chi connectivity index (χ0v) is 12.0. The molecule has 0 atom stereocenters. The van der Waals surface area contributed by atoms with E-state index in [-0.39, 0.29) is 5.91 Å². The molecule has 1 saturated heterocycles. The fraction of sp³-hybridized carbons (Fsp3) is 0.438. The summed E-state index contributed by atoms with van der Waals surface area (Å²) in [6.07, 6.45) is 4.47. The third-order valence-electron chi connectivity index (χ3n) is 4.60. The number of anilines is 1. The molecule has 0 spiro atoms. The Morgan fingerprint density at radius 3 is 2.67 bits per heavy atom. The van der Waals surface area contributed by atoms with E-state index in [1.807, 2.05) is 23.1 Å². The van der Waals surface area contributed by atoms with Gasteiger partial charge in [0.15, 0.2) is 0 Å². The number of hydrogen-bond donors (Lipinski definition) is 2. The zero-order valence-electron chi connectivity index (χ0n) is 12.0. The Labute approximate surface area is 123 Å². The van der Waals surface area contributed by atoms with Crippen LogP contribution in [0.5, 0.6) is 0 Å². The Kier molecular flexibility index (Phi) is 2.89. The average Bonchev–Trinajstić information content (AvgIpc) is 3.27. The molecule has 2 aliphatic rings. The van der Waals surface area contributed by atoms with Gasteiger partial charge >= 0.3 is 0 Å². The van der Waals surface area contributed by atoms with Crippen LogP contribution >= 0.6 is 0 Å². The molecule has 1 aromatic carbocycles. The summed E-state index contributed by atoms with van der Waals surface area (Å²) in [5.41, 5.74) is 8.17. The van der Waals surface area contributed by atoms with E-state index in [9.17, 15) is 4.79 Å². The molecule has 1 saturated carbocycles. The highest BCUT2D eigenvalue weighted by atomic mass is 16.2. The van der Waals surface area contributed by atoms with Gasteiger partial charge in [0.25, 0.3) is 5.91 Å². The van der Waals surface area contributed by atoms with Crippen molar-refractivity contribution in [1.82, 2.24) is 14.8 Å². The molecule has 5 heteroatoms. The summed E-state index contributed by atoms with van der Waals surface area (Å²) in [4.78, 5) is 20.3. The number of aromatic nitrogens is 1. The number of H-pyrrole nitrogens is 1. The minimum atomic E-state index is 0.126. The van der Waals surface area contributed by atoms with Gasteiger partial charge in [-0.3, -0.25) is 9.69 Å². The van der Waals surface area contributed by atoms with Crippen LogP contribution in [0.2, 0.25) is 0 Å². The minimum absolute atomic E-state index is 0.126. The molecule has 2 heterocycles. The maximum atomic E-state index is 12.7. The van der Waals surface area contributed by atoms with Crippen molar-refractivity contribution in [3.63, 3.8) is 0 Å². The molecule has 0 radical (unpaired) electrons. The Morgan fingerprint density at radius 2 is 1.95 bits per heavy atom. The van der Waals surface area contributed by atoms with Crippen LogP contribution in [0, 0.1) is 0 Å². The topological polar surface area (TPSA) is 65.4 Å². The summed E-state index contributed by atoms with van der Waals surface area (Å²) in [5.74, 6) is 0.126. The monoisotopic (exact) mass is 284 g/mol. The van der Waals surface area contributed by atoms with Crippen molar-refractivity contribution >= 4 is 22.5 Å². The summed E-state index contributed by atoms with van der Waals surface area (Å²) in [6, 6.07) is 6.43. The minimum Gasteiger partial charge on any atom is -0.399 e. The lowest BCUT2D eigenvalue weighted by Crippen LogP contribution is -2.49. The number of nitrogens with zero attached hydrogens (tertiary/aromatic N) is 2. The predicted octanol–water partition coefficient (Wildman–Crippen LogP) is 1.67. The third-order valence-corrected chi connectivity index (χ3v) is 4.60. The van der Waals surface area contributed by atoms with Gasteiger partial charge in [-0.1, -0.05) is 0 Å². The first-order chi connectivity index (χ1) is 10.2. The largest absolute Gasteiger partial charge is 0.399 e. The highest BCUT2D eigenvalue weighted by Crippen LogP contribution is 2.28. The maximum absolute atomic E-state index is 12.7. The maximum Gasteiger partial charge on any atom is 0.256 e. The molecule has 2 aromatic rings. The molecule has 110 valence electrons. The second-order valence-corrected chi connectivity index (χ2v) is 6.07. The number of hydrogen-bond acceptors (Lipinski definition) is 3. The van der Waals surface area contributed by atoms with Crippen molar-refractivity contribution in [3.05, 3.63) is 30.0 Å². The highest BCUT2D eigenvalue weighted by molar-refractivity contribution is 6.07. The molecular formula is C16H20N4O. The van der Waals surface area contributed by atoms with Gasteiger partial charge in [-0.2, -0.15) is 0 Å². The molecule has 21 heavy (non-hydrogen) atoms. The van der Waals surface area contributed by atoms with Crippen molar-refractivity contribution in [2.75, 3.05) is 31.9 Å². The van der Waals surface area contributed by atoms with E-state index in [0.717, 1.165) is 48.7 Å². The fourth-order valence-corrected chi connectivity index (χ4v) is 3.22. The molecule has 1 aliphatic heterocycles. The first kappa shape index (κ1) is 12.7. The van der Waals surface area contributed by atoms with Gasteiger partial charge in [-0.05, 0) is 31.0 Å². The van der Waals surface area contributed by atoms with Gasteiger partial charge in [0, 0.05) is 55.0 Å². The van der Waals surface area contributed by atoms with E-state index < -0.39 is 0 Å². The predicted molar refractivity (Wildman–Crippen MR) is 83.2 cm³/mol. The lowest BCUT2D eigenvalue weighted by Gasteiger charge is -2.34. The van der Waals surface area contributed by atoms with Crippen molar-refractivity contribution in [2.45, 2.75) is 18.9 Å². The van der Waals surface area contributed by atoms with Crippen LogP contribution in [-0.2, 0) is 0 Å². The summed E-state index contributed by atoms with van der Waals surface area (Å²) in [7, 11) is 0. The number of fused-ring (bicyclic) bond motifs is 1. The molecule has 1 amide bonds. The molecule has 0 bridgehead atoms. The van der Waals surface area contributed by atoms with Crippen molar-refractivity contribution in [2.24, 2.45) is 0 Å². The van der Waals surface area contributed by atoms with Gasteiger partial charge in [-0.15, -0.1) is 0 Å². The van der Waals surface area contributed by atoms with E-state index in [1.54, 1.807) is 6.20 Å². The van der Waals surface area contributed by atoms with Crippen LogP contribution in [0.1, 0.15) is 23.2 Å². The lowest BCUT2D eigenvalue weighted by atomic mass is 10.1. The number of amides is 1. The second kappa shape index (κ2) is 4.77. The standard InChI is InChI=1S/C16H20N4O/c17-11-1-4-13-14(10-18-15(13)9-11)16(21)20-7-5-19(6-8-20)12-2-3-12/h1,4,9-10,12,18H,2-3,5-8,17H2. The van der Waals surface area contributed by atoms with Crippen LogP contribution in [0.25, 0.3) is 10.9 Å². The Morgan fingerprint density at radius 1 is 1.19 bits per heavy atom. The van der Waals surface area contributed by atoms with Gasteiger partial charge in [0.1, 0.15) is 0 Å². The smallest absolute Gasteiger partial charge is 0.256 e. The first-order valence-electron chi connectivity index (χ1n) is 7.62. The zero-order chi connectivity index (χ0) is 14.4. The van der Waals surface area contributed by atoms with Crippen molar-refractivity contribution in [3.8, 4) is 0 Å². The normalized spacial score (nSPS) is 20.1. The van der Waals surface area contributed by atoms with E-state index in [4.69, 9.17) is 5.73 Å². The number of nitrogens with one attached hydrogen (secondary N) is 1. The van der Waals surface area contributed by atoms with Gasteiger partial charge in [-0.25, -0.2) is 0 Å². The quantitative estimate of drug-likeness (QED) is 0.825. The number of piperazine rings is 1. The average molecular weight is 284 g/mol. The first-order valence-corrected chi connectivity index (χ1v) is 7.62. The number of carbonyl (C=O) groups excluding carboxylic acids is 1. The molecule has 2 fully saturated rings. The van der Waals surface area contributed by atoms with E-state index in [1.165, 1.54) is 12.8 Å². The SMILES string of the molecule is Nc1ccc2c(C(=O)N3CCN(C4CC4)CC3)c[nH]c2c1. The number of nitrogen functional groups attached to an aromatic ring is 1. The summed E-state index contributed by atoms with van der Waals surface area (Å²) >= 11 is 0. The molecule has 3 N–H and O–H groups in total. The van der Waals surface area contributed by atoms with Crippen LogP contribution in [0.3, 0.4) is 0 Å². The number of rotatable bonds is 2. The van der Waals surface area contributed by atoms with Gasteiger partial charge in [0.05, 0.1) is 5.56 Å². The number of nitrogens with two attached hydrogens (primary N) is 1. The van der Waals surface area contributed by atoms with E-state index >= 15 is 0 Å². The molecule has 1 aromatic heterocycles. The lowest BCUT2D eigenvalue weighted by molar-refractivity contribution is 0.0629. The molecule has 5 nitrogen and oxygen atoms in total. The van der Waals surface area contributed by atoms with E-state index in [0.29, 0.717) is 5.69 Å². The molecule has 4 rings (SSSR count). The Hall–Kier alpha value is -2.01. The number of carbonyl (C=O) groups is 1. The number of benzene rings is 1. The Bertz CT molecular complexity index is 681. The molecule has 0 unspecified atom stereocenters. The molecular weight excluding hydrogens is 264 g/mol. The third kappa shape index (κ3) is 2.27. The van der Waals surface area contributed by atoms with E-state index in [2.05, 4.69) is 9.88 Å². The van der Waals surface area contributed by atoms with Crippen LogP contribution in [-0.4, -0.2) is 52.9 Å². The highest BCUT2D eigenvalue weighted by Gasteiger charge is 2.32.